The van der Waals surface area contributed by atoms with Crippen molar-refractivity contribution in [1.82, 2.24) is 30.0 Å². The van der Waals surface area contributed by atoms with Crippen molar-refractivity contribution in [1.29, 1.82) is 0 Å². The molecule has 3 heterocycles. The molecule has 1 aliphatic heterocycles. The van der Waals surface area contributed by atoms with Crippen molar-refractivity contribution in [3.63, 3.8) is 0 Å². The summed E-state index contributed by atoms with van der Waals surface area (Å²) < 4.78 is 1.73. The molecule has 0 saturated carbocycles. The number of aryl methyl sites for hydroxylation is 1. The Hall–Kier alpha value is -2.48. The average Bonchev–Trinajstić information content (AvgIpc) is 2.93. The Morgan fingerprint density at radius 3 is 2.70 bits per heavy atom. The summed E-state index contributed by atoms with van der Waals surface area (Å²) in [5.41, 5.74) is -0.799. The first kappa shape index (κ1) is 15.4. The van der Waals surface area contributed by atoms with Gasteiger partial charge in [-0.1, -0.05) is 17.7 Å². The van der Waals surface area contributed by atoms with E-state index in [1.807, 2.05) is 0 Å². The highest BCUT2D eigenvalue weighted by molar-refractivity contribution is 6.30. The zero-order valence-corrected chi connectivity index (χ0v) is 13.6. The third kappa shape index (κ3) is 2.35. The number of nitrogens with zero attached hydrogens (tertiary/aromatic N) is 5. The molecule has 8 nitrogen and oxygen atoms in total. The second kappa shape index (κ2) is 5.31. The first-order chi connectivity index (χ1) is 10.8. The summed E-state index contributed by atoms with van der Waals surface area (Å²) in [4.78, 5) is 30.2. The minimum absolute atomic E-state index is 0.0372. The Balaban J connectivity index is 1.94. The highest BCUT2D eigenvalue weighted by Crippen LogP contribution is 2.32. The van der Waals surface area contributed by atoms with Crippen LogP contribution < -0.4 is 5.32 Å². The van der Waals surface area contributed by atoms with E-state index in [9.17, 15) is 9.59 Å². The van der Waals surface area contributed by atoms with Crippen molar-refractivity contribution in [3.8, 4) is 0 Å². The molecule has 0 aromatic carbocycles. The monoisotopic (exact) mass is 334 g/mol. The van der Waals surface area contributed by atoms with Crippen LogP contribution in [0.15, 0.2) is 18.3 Å². The maximum atomic E-state index is 12.8. The molecular weight excluding hydrogens is 320 g/mol. The Bertz CT molecular complexity index is 804. The molecule has 0 bridgehead atoms. The van der Waals surface area contributed by atoms with Crippen molar-refractivity contribution < 1.29 is 9.59 Å². The minimum Gasteiger partial charge on any atom is -0.319 e. The van der Waals surface area contributed by atoms with Gasteiger partial charge in [0.15, 0.2) is 5.82 Å². The lowest BCUT2D eigenvalue weighted by Crippen LogP contribution is -2.41. The lowest BCUT2D eigenvalue weighted by molar-refractivity contribution is -0.131. The van der Waals surface area contributed by atoms with Gasteiger partial charge in [-0.05, 0) is 19.9 Å². The molecule has 2 aromatic heterocycles. The van der Waals surface area contributed by atoms with Gasteiger partial charge < -0.3 is 9.88 Å². The maximum absolute atomic E-state index is 12.8. The number of aromatic nitrogens is 4. The van der Waals surface area contributed by atoms with Crippen molar-refractivity contribution in [3.05, 3.63) is 40.7 Å². The van der Waals surface area contributed by atoms with Crippen LogP contribution in [0.2, 0.25) is 5.15 Å². The zero-order valence-electron chi connectivity index (χ0n) is 12.9. The predicted molar refractivity (Wildman–Crippen MR) is 81.4 cm³/mol. The summed E-state index contributed by atoms with van der Waals surface area (Å²) in [6, 6.07) is 2.84. The fraction of sp³-hybridized carbons (Fsp3) is 0.357. The number of carbonyl (C=O) groups excluding carboxylic acids is 2. The summed E-state index contributed by atoms with van der Waals surface area (Å²) in [5.74, 6) is 0.815. The lowest BCUT2D eigenvalue weighted by atomic mass is 9.93. The molecule has 1 fully saturated rings. The average molecular weight is 335 g/mol. The van der Waals surface area contributed by atoms with Gasteiger partial charge in [0.2, 0.25) is 0 Å². The summed E-state index contributed by atoms with van der Waals surface area (Å²) in [6.45, 7) is 3.44. The van der Waals surface area contributed by atoms with Crippen LogP contribution in [-0.2, 0) is 23.9 Å². The van der Waals surface area contributed by atoms with E-state index in [0.29, 0.717) is 17.2 Å². The first-order valence-electron chi connectivity index (χ1n) is 6.94. The third-order valence-electron chi connectivity index (χ3n) is 4.06. The molecule has 1 unspecified atom stereocenters. The van der Waals surface area contributed by atoms with Crippen LogP contribution in [0.5, 0.6) is 0 Å². The molecule has 3 amide bonds. The largest absolute Gasteiger partial charge is 0.325 e. The molecule has 1 atom stereocenters. The van der Waals surface area contributed by atoms with Gasteiger partial charge in [-0.3, -0.25) is 9.69 Å². The van der Waals surface area contributed by atoms with Gasteiger partial charge in [0.05, 0.1) is 6.54 Å². The summed E-state index contributed by atoms with van der Waals surface area (Å²) in [5, 5.41) is 10.8. The van der Waals surface area contributed by atoms with E-state index >= 15 is 0 Å². The predicted octanol–water partition coefficient (Wildman–Crippen LogP) is 1.14. The number of urea groups is 1. The minimum atomic E-state index is -1.25. The van der Waals surface area contributed by atoms with E-state index in [1.54, 1.807) is 37.6 Å². The first-order valence-corrected chi connectivity index (χ1v) is 7.32. The van der Waals surface area contributed by atoms with Crippen molar-refractivity contribution in [2.75, 3.05) is 0 Å². The van der Waals surface area contributed by atoms with Gasteiger partial charge in [0.25, 0.3) is 5.91 Å². The Morgan fingerprint density at radius 2 is 2.09 bits per heavy atom. The number of hydrogen-bond acceptors (Lipinski definition) is 5. The van der Waals surface area contributed by atoms with Crippen LogP contribution in [-0.4, -0.2) is 36.6 Å². The molecule has 0 aliphatic carbocycles. The van der Waals surface area contributed by atoms with Gasteiger partial charge in [-0.25, -0.2) is 9.78 Å². The number of halogens is 1. The van der Waals surface area contributed by atoms with E-state index < -0.39 is 17.5 Å². The molecule has 0 radical (unpaired) electrons. The number of nitrogens with one attached hydrogen (secondary N) is 1. The number of imide groups is 1. The van der Waals surface area contributed by atoms with E-state index in [0.717, 1.165) is 4.90 Å². The van der Waals surface area contributed by atoms with Gasteiger partial charge in [-0.15, -0.1) is 10.2 Å². The molecule has 3 rings (SSSR count). The van der Waals surface area contributed by atoms with Gasteiger partial charge in [-0.2, -0.15) is 0 Å². The number of hydrogen-bond donors (Lipinski definition) is 1. The van der Waals surface area contributed by atoms with Crippen LogP contribution in [0.4, 0.5) is 4.79 Å². The highest BCUT2D eigenvalue weighted by Gasteiger charge is 2.50. The zero-order chi connectivity index (χ0) is 16.8. The van der Waals surface area contributed by atoms with E-state index in [2.05, 4.69) is 20.5 Å². The normalized spacial score (nSPS) is 21.0. The number of rotatable bonds is 3. The van der Waals surface area contributed by atoms with Crippen LogP contribution in [0.3, 0.4) is 0 Å². The van der Waals surface area contributed by atoms with E-state index in [-0.39, 0.29) is 11.7 Å². The number of amides is 3. The third-order valence-corrected chi connectivity index (χ3v) is 4.36. The van der Waals surface area contributed by atoms with Gasteiger partial charge >= 0.3 is 6.03 Å². The molecule has 2 aromatic rings. The molecule has 9 heteroatoms. The topological polar surface area (TPSA) is 93.0 Å². The van der Waals surface area contributed by atoms with Crippen LogP contribution in [0.25, 0.3) is 0 Å². The van der Waals surface area contributed by atoms with Crippen LogP contribution in [0, 0.1) is 6.92 Å². The molecule has 23 heavy (non-hydrogen) atoms. The quantitative estimate of drug-likeness (QED) is 0.671. The van der Waals surface area contributed by atoms with Gasteiger partial charge in [0, 0.05) is 18.8 Å². The summed E-state index contributed by atoms with van der Waals surface area (Å²) >= 11 is 6.08. The molecule has 0 spiro atoms. The molecular formula is C14H15ClN6O2. The molecule has 1 aliphatic rings. The highest BCUT2D eigenvalue weighted by atomic mass is 35.5. The maximum Gasteiger partial charge on any atom is 0.325 e. The summed E-state index contributed by atoms with van der Waals surface area (Å²) in [6.07, 6.45) is 1.52. The van der Waals surface area contributed by atoms with E-state index in [4.69, 9.17) is 11.6 Å². The van der Waals surface area contributed by atoms with Crippen LogP contribution in [0.1, 0.15) is 24.1 Å². The second-order valence-corrected chi connectivity index (χ2v) is 5.87. The van der Waals surface area contributed by atoms with E-state index in [1.165, 1.54) is 6.20 Å². The van der Waals surface area contributed by atoms with Crippen molar-refractivity contribution in [2.24, 2.45) is 7.05 Å². The lowest BCUT2D eigenvalue weighted by Gasteiger charge is -2.22. The molecule has 1 saturated heterocycles. The van der Waals surface area contributed by atoms with Crippen molar-refractivity contribution in [2.45, 2.75) is 25.9 Å². The molecule has 120 valence electrons. The molecule has 1 N–H and O–H groups in total. The van der Waals surface area contributed by atoms with Gasteiger partial charge in [0.1, 0.15) is 16.5 Å². The standard InChI is InChI=1S/C14H15ClN6O2/c1-8-18-19-10(20(8)3)7-21-12(22)14(2,17-13(21)23)9-5-4-6-16-11(9)15/h4-6H,7H2,1-3H3,(H,17,23). The SMILES string of the molecule is Cc1nnc(CN2C(=O)NC(C)(c3cccnc3Cl)C2=O)n1C. The Labute approximate surface area is 137 Å². The fourth-order valence-corrected chi connectivity index (χ4v) is 2.82. The number of pyridine rings is 1. The second-order valence-electron chi connectivity index (χ2n) is 5.51. The fourth-order valence-electron chi connectivity index (χ4n) is 2.51. The number of carbonyl (C=O) groups is 2. The summed E-state index contributed by atoms with van der Waals surface area (Å²) in [7, 11) is 1.78. The Morgan fingerprint density at radius 1 is 1.35 bits per heavy atom. The van der Waals surface area contributed by atoms with Crippen LogP contribution >= 0.6 is 11.6 Å². The Kier molecular flexibility index (Phi) is 3.56. The smallest absolute Gasteiger partial charge is 0.319 e. The van der Waals surface area contributed by atoms with Crippen molar-refractivity contribution >= 4 is 23.5 Å².